The van der Waals surface area contributed by atoms with Crippen molar-refractivity contribution in [2.45, 2.75) is 63.6 Å². The summed E-state index contributed by atoms with van der Waals surface area (Å²) in [6, 6.07) is 7.94. The molecule has 1 unspecified atom stereocenters. The van der Waals surface area contributed by atoms with E-state index in [1.165, 1.54) is 12.1 Å². The molecule has 2 aromatic rings. The van der Waals surface area contributed by atoms with Gasteiger partial charge in [0.05, 0.1) is 31.4 Å². The maximum absolute atomic E-state index is 13.8. The highest BCUT2D eigenvalue weighted by molar-refractivity contribution is 6.30. The Morgan fingerprint density at radius 2 is 1.98 bits per heavy atom. The van der Waals surface area contributed by atoms with Crippen LogP contribution in [0.4, 0.5) is 5.69 Å². The van der Waals surface area contributed by atoms with Gasteiger partial charge in [-0.25, -0.2) is 10.3 Å². The van der Waals surface area contributed by atoms with Gasteiger partial charge in [-0.3, -0.25) is 19.4 Å². The number of carbonyl (C=O) groups is 3. The number of benzene rings is 2. The zero-order chi connectivity index (χ0) is 29.5. The fourth-order valence-corrected chi connectivity index (χ4v) is 5.38. The predicted molar refractivity (Wildman–Crippen MR) is 155 cm³/mol. The Labute approximate surface area is 243 Å². The third-order valence-electron chi connectivity index (χ3n) is 7.47. The van der Waals surface area contributed by atoms with Gasteiger partial charge < -0.3 is 26.2 Å². The number of nitrogens with zero attached hydrogens (tertiary/aromatic N) is 1. The minimum Gasteiger partial charge on any atom is -0.496 e. The molecule has 12 heteroatoms. The van der Waals surface area contributed by atoms with Gasteiger partial charge in [-0.2, -0.15) is 0 Å². The number of guanidine groups is 1. The molecule has 1 aliphatic heterocycles. The topological polar surface area (TPSA) is 164 Å². The highest BCUT2D eigenvalue weighted by Crippen LogP contribution is 2.27. The van der Waals surface area contributed by atoms with Gasteiger partial charge in [0.2, 0.25) is 5.96 Å². The van der Waals surface area contributed by atoms with E-state index in [2.05, 4.69) is 21.1 Å². The number of carbonyl (C=O) groups excluding carboxylic acids is 2. The number of ketones is 1. The van der Waals surface area contributed by atoms with E-state index < -0.39 is 29.9 Å². The second-order valence-electron chi connectivity index (χ2n) is 10.3. The lowest BCUT2D eigenvalue weighted by Crippen LogP contribution is -2.55. The number of aliphatic imine (C=N–C) groups is 1. The minimum absolute atomic E-state index is 0.0241. The van der Waals surface area contributed by atoms with Crippen molar-refractivity contribution in [2.75, 3.05) is 19.4 Å². The average Bonchev–Trinajstić information content (AvgIpc) is 3.42. The number of methoxy groups -OCH3 is 1. The first-order valence-electron chi connectivity index (χ1n) is 13.7. The normalized spacial score (nSPS) is 20.0. The lowest BCUT2D eigenvalue weighted by molar-refractivity contribution is -0.133. The quantitative estimate of drug-likeness (QED) is 0.160. The summed E-state index contributed by atoms with van der Waals surface area (Å²) in [6.45, 7) is 1.98. The van der Waals surface area contributed by atoms with Crippen molar-refractivity contribution in [1.29, 1.82) is 0 Å². The summed E-state index contributed by atoms with van der Waals surface area (Å²) >= 11 is 6.22. The number of rotatable bonds is 10. The summed E-state index contributed by atoms with van der Waals surface area (Å²) in [5, 5.41) is 15.7. The molecular weight excluding hydrogens is 550 g/mol. The van der Waals surface area contributed by atoms with Crippen molar-refractivity contribution < 1.29 is 29.1 Å². The summed E-state index contributed by atoms with van der Waals surface area (Å²) in [6.07, 6.45) is 4.77. The second kappa shape index (κ2) is 13.7. The molecule has 0 aromatic heterocycles. The summed E-state index contributed by atoms with van der Waals surface area (Å²) in [5.74, 6) is -1.90. The molecule has 1 aliphatic carbocycles. The van der Waals surface area contributed by atoms with Crippen LogP contribution in [0.1, 0.15) is 66.6 Å². The van der Waals surface area contributed by atoms with Gasteiger partial charge >= 0.3 is 5.97 Å². The molecule has 6 N–H and O–H groups in total. The van der Waals surface area contributed by atoms with Crippen LogP contribution in [-0.4, -0.2) is 54.5 Å². The van der Waals surface area contributed by atoms with Crippen LogP contribution < -0.4 is 26.6 Å². The third-order valence-corrected chi connectivity index (χ3v) is 7.70. The number of carboxylic acid groups (broad SMARTS) is 1. The van der Waals surface area contributed by atoms with Gasteiger partial charge in [0.1, 0.15) is 5.75 Å². The van der Waals surface area contributed by atoms with Crippen LogP contribution in [0.25, 0.3) is 0 Å². The number of ether oxygens (including phenoxy) is 1. The number of carboxylic acids is 1. The van der Waals surface area contributed by atoms with Gasteiger partial charge in [0.25, 0.3) is 5.91 Å². The molecule has 2 aliphatic rings. The van der Waals surface area contributed by atoms with E-state index in [4.69, 9.17) is 26.9 Å². The van der Waals surface area contributed by atoms with Crippen LogP contribution in [0.3, 0.4) is 0 Å². The molecule has 0 bridgehead atoms. The number of Topliss-reactive ketones (excluding diaryl/α,β-unsaturated/α-hetero) is 1. The van der Waals surface area contributed by atoms with E-state index in [0.29, 0.717) is 22.8 Å². The second-order valence-corrected chi connectivity index (χ2v) is 10.7. The van der Waals surface area contributed by atoms with Crippen LogP contribution in [0.5, 0.6) is 5.75 Å². The molecule has 41 heavy (non-hydrogen) atoms. The summed E-state index contributed by atoms with van der Waals surface area (Å²) in [5.41, 5.74) is 10.2. The molecule has 4 rings (SSSR count). The van der Waals surface area contributed by atoms with Crippen molar-refractivity contribution >= 4 is 40.9 Å². The number of amides is 1. The molecule has 1 saturated carbocycles. The van der Waals surface area contributed by atoms with E-state index >= 15 is 0 Å². The first kappa shape index (κ1) is 30.1. The lowest BCUT2D eigenvalue weighted by Gasteiger charge is -2.24. The molecular formula is C29H36ClN5O6. The number of aromatic carboxylic acids is 1. The fourth-order valence-electron chi connectivity index (χ4n) is 5.19. The van der Waals surface area contributed by atoms with E-state index in [1.54, 1.807) is 31.4 Å². The Hall–Kier alpha value is -3.83. The average molecular weight is 586 g/mol. The summed E-state index contributed by atoms with van der Waals surface area (Å²) < 4.78 is 5.47. The van der Waals surface area contributed by atoms with Crippen molar-refractivity contribution in [3.8, 4) is 5.75 Å². The number of anilines is 1. The first-order chi connectivity index (χ1) is 19.7. The van der Waals surface area contributed by atoms with E-state index in [1.807, 2.05) is 6.92 Å². The molecule has 0 radical (unpaired) electrons. The van der Waals surface area contributed by atoms with Crippen LogP contribution >= 0.6 is 11.6 Å². The monoisotopic (exact) mass is 585 g/mol. The number of nitrogens with two attached hydrogens (primary N) is 1. The maximum atomic E-state index is 13.8. The molecule has 220 valence electrons. The fraction of sp³-hybridized carbons (Fsp3) is 0.448. The number of hydrogen-bond acceptors (Lipinski definition) is 9. The Bertz CT molecular complexity index is 1310. The largest absolute Gasteiger partial charge is 0.496 e. The molecule has 11 nitrogen and oxygen atoms in total. The molecule has 1 heterocycles. The summed E-state index contributed by atoms with van der Waals surface area (Å²) in [4.78, 5) is 49.2. The van der Waals surface area contributed by atoms with Gasteiger partial charge in [0.15, 0.2) is 11.8 Å². The van der Waals surface area contributed by atoms with Gasteiger partial charge in [0, 0.05) is 16.6 Å². The van der Waals surface area contributed by atoms with Crippen molar-refractivity contribution in [3.05, 3.63) is 58.1 Å². The highest BCUT2D eigenvalue weighted by atomic mass is 35.5. The minimum atomic E-state index is -1.27. The van der Waals surface area contributed by atoms with Gasteiger partial charge in [-0.05, 0) is 67.1 Å². The van der Waals surface area contributed by atoms with Crippen molar-refractivity contribution in [2.24, 2.45) is 10.9 Å². The zero-order valence-electron chi connectivity index (χ0n) is 23.1. The molecule has 1 fully saturated rings. The van der Waals surface area contributed by atoms with Crippen LogP contribution in [-0.2, 0) is 20.8 Å². The highest BCUT2D eigenvalue weighted by Gasteiger charge is 2.37. The molecule has 1 amide bonds. The Balaban J connectivity index is 1.57. The first-order valence-corrected chi connectivity index (χ1v) is 14.1. The molecule has 0 saturated heterocycles. The SMILES string of the molecule is CC[C@@H](NC(=O)C1NC(NOC2CCCC2)=NC[C@H](Cc2cc(Cl)ccc2OC)C1=O)c1ccc(C(=O)O)c(N)c1. The Morgan fingerprint density at radius 1 is 1.22 bits per heavy atom. The summed E-state index contributed by atoms with van der Waals surface area (Å²) in [7, 11) is 1.54. The number of hydrogen-bond donors (Lipinski definition) is 5. The lowest BCUT2D eigenvalue weighted by atomic mass is 9.90. The number of nitrogens with one attached hydrogen (secondary N) is 3. The Kier molecular flexibility index (Phi) is 10.1. The molecule has 0 spiro atoms. The van der Waals surface area contributed by atoms with E-state index in [9.17, 15) is 19.5 Å². The Morgan fingerprint density at radius 3 is 2.63 bits per heavy atom. The number of hydroxylamine groups is 1. The molecule has 2 aromatic carbocycles. The van der Waals surface area contributed by atoms with Crippen molar-refractivity contribution in [3.63, 3.8) is 0 Å². The van der Waals surface area contributed by atoms with Crippen LogP contribution in [0.2, 0.25) is 5.02 Å². The van der Waals surface area contributed by atoms with E-state index in [-0.39, 0.29) is 42.1 Å². The maximum Gasteiger partial charge on any atom is 0.337 e. The van der Waals surface area contributed by atoms with Crippen molar-refractivity contribution in [1.82, 2.24) is 16.1 Å². The number of nitrogen functional groups attached to an aromatic ring is 1. The smallest absolute Gasteiger partial charge is 0.337 e. The molecule has 3 atom stereocenters. The number of halogens is 1. The standard InChI is InChI=1S/C29H36ClN5O6/c1-3-23(16-8-10-21(28(38)39)22(31)14-16)33-27(37)25-26(36)18(12-17-13-19(30)9-11-24(17)40-2)15-32-29(34-25)35-41-20-6-4-5-7-20/h8-11,13-14,18,20,23,25H,3-7,12,15,31H2,1-2H3,(H,33,37)(H,38,39)(H2,32,34,35)/t18-,23+,25?/m0/s1. The van der Waals surface area contributed by atoms with Crippen LogP contribution in [0, 0.1) is 5.92 Å². The van der Waals surface area contributed by atoms with Gasteiger partial charge in [-0.15, -0.1) is 0 Å². The third kappa shape index (κ3) is 7.47. The van der Waals surface area contributed by atoms with Crippen LogP contribution in [0.15, 0.2) is 41.4 Å². The zero-order valence-corrected chi connectivity index (χ0v) is 23.9. The van der Waals surface area contributed by atoms with Gasteiger partial charge in [-0.1, -0.05) is 37.4 Å². The predicted octanol–water partition coefficient (Wildman–Crippen LogP) is 3.42. The van der Waals surface area contributed by atoms with E-state index in [0.717, 1.165) is 31.2 Å².